The van der Waals surface area contributed by atoms with E-state index < -0.39 is 0 Å². The van der Waals surface area contributed by atoms with Gasteiger partial charge in [0.1, 0.15) is 0 Å². The molecule has 0 spiro atoms. The molecular weight excluding hydrogens is 264 g/mol. The highest BCUT2D eigenvalue weighted by Gasteiger charge is 1.98. The Hall–Kier alpha value is -1.88. The average molecular weight is 280 g/mol. The fraction of sp³-hybridized carbons (Fsp3) is 0.286. The van der Waals surface area contributed by atoms with Gasteiger partial charge in [0.25, 0.3) is 0 Å². The lowest BCUT2D eigenvalue weighted by atomic mass is 10.3. The van der Waals surface area contributed by atoms with Gasteiger partial charge in [-0.15, -0.1) is 11.3 Å². The molecule has 0 aliphatic carbocycles. The zero-order chi connectivity index (χ0) is 14.1. The van der Waals surface area contributed by atoms with Gasteiger partial charge in [-0.25, -0.2) is 9.59 Å². The van der Waals surface area contributed by atoms with Crippen molar-refractivity contribution in [1.29, 1.82) is 0 Å². The first-order chi connectivity index (χ1) is 9.15. The van der Waals surface area contributed by atoms with Crippen molar-refractivity contribution in [1.82, 2.24) is 0 Å². The Balaban J connectivity index is 2.57. The summed E-state index contributed by atoms with van der Waals surface area (Å²) in [5.74, 6) is -0.723. The van der Waals surface area contributed by atoms with Crippen LogP contribution in [0.5, 0.6) is 0 Å². The number of carbonyl (C=O) groups excluding carboxylic acids is 2. The van der Waals surface area contributed by atoms with E-state index in [1.165, 1.54) is 23.5 Å². The molecule has 1 rings (SSSR count). The Morgan fingerprint density at radius 2 is 1.42 bits per heavy atom. The fourth-order valence-corrected chi connectivity index (χ4v) is 2.05. The van der Waals surface area contributed by atoms with E-state index in [0.717, 1.165) is 9.75 Å². The van der Waals surface area contributed by atoms with E-state index in [2.05, 4.69) is 0 Å². The van der Waals surface area contributed by atoms with Crippen LogP contribution >= 0.6 is 11.3 Å². The maximum absolute atomic E-state index is 11.1. The smallest absolute Gasteiger partial charge is 0.330 e. The Bertz CT molecular complexity index is 443. The molecule has 102 valence electrons. The minimum atomic E-state index is -0.362. The molecule has 0 atom stereocenters. The lowest BCUT2D eigenvalue weighted by molar-refractivity contribution is -0.138. The predicted octanol–water partition coefficient (Wildman–Crippen LogP) is 2.90. The van der Waals surface area contributed by atoms with Gasteiger partial charge >= 0.3 is 11.9 Å². The van der Waals surface area contributed by atoms with E-state index in [9.17, 15) is 9.59 Å². The van der Waals surface area contributed by atoms with Gasteiger partial charge in [0.15, 0.2) is 0 Å². The third-order valence-electron chi connectivity index (χ3n) is 1.99. The van der Waals surface area contributed by atoms with Crippen LogP contribution in [0, 0.1) is 0 Å². The third-order valence-corrected chi connectivity index (χ3v) is 3.00. The van der Waals surface area contributed by atoms with E-state index in [1.54, 1.807) is 26.0 Å². The van der Waals surface area contributed by atoms with Crippen LogP contribution in [-0.4, -0.2) is 25.2 Å². The molecular formula is C14H16O4S. The molecule has 4 nitrogen and oxygen atoms in total. The topological polar surface area (TPSA) is 52.6 Å². The zero-order valence-electron chi connectivity index (χ0n) is 10.9. The summed E-state index contributed by atoms with van der Waals surface area (Å²) in [4.78, 5) is 24.1. The number of hydrogen-bond donors (Lipinski definition) is 0. The van der Waals surface area contributed by atoms with Crippen molar-refractivity contribution in [3.63, 3.8) is 0 Å². The first-order valence-corrected chi connectivity index (χ1v) is 6.76. The molecule has 0 saturated heterocycles. The van der Waals surface area contributed by atoms with Crippen molar-refractivity contribution >= 4 is 35.4 Å². The van der Waals surface area contributed by atoms with Gasteiger partial charge in [0.2, 0.25) is 0 Å². The normalized spacial score (nSPS) is 11.1. The summed E-state index contributed by atoms with van der Waals surface area (Å²) in [6.07, 6.45) is 6.14. The summed E-state index contributed by atoms with van der Waals surface area (Å²) in [6, 6.07) is 3.73. The van der Waals surface area contributed by atoms with Gasteiger partial charge in [-0.1, -0.05) is 0 Å². The molecule has 1 aromatic rings. The van der Waals surface area contributed by atoms with Crippen molar-refractivity contribution in [2.24, 2.45) is 0 Å². The number of ether oxygens (including phenoxy) is 2. The minimum Gasteiger partial charge on any atom is -0.463 e. The molecule has 0 unspecified atom stereocenters. The molecule has 0 radical (unpaired) electrons. The molecule has 0 saturated carbocycles. The average Bonchev–Trinajstić information content (AvgIpc) is 2.83. The largest absolute Gasteiger partial charge is 0.463 e. The summed E-state index contributed by atoms with van der Waals surface area (Å²) < 4.78 is 9.56. The molecule has 0 fully saturated rings. The SMILES string of the molecule is CCOC(=O)C=Cc1ccc(C=CC(=O)OCC)s1. The second-order valence-corrected chi connectivity index (χ2v) is 4.56. The van der Waals surface area contributed by atoms with Gasteiger partial charge in [-0.05, 0) is 38.1 Å². The van der Waals surface area contributed by atoms with Gasteiger partial charge in [-0.3, -0.25) is 0 Å². The molecule has 5 heteroatoms. The molecule has 0 aliphatic rings. The van der Waals surface area contributed by atoms with Crippen molar-refractivity contribution in [2.75, 3.05) is 13.2 Å². The number of thiophene rings is 1. The second-order valence-electron chi connectivity index (χ2n) is 3.41. The molecule has 0 amide bonds. The lowest BCUT2D eigenvalue weighted by Crippen LogP contribution is -1.98. The number of rotatable bonds is 6. The van der Waals surface area contributed by atoms with E-state index in [1.807, 2.05) is 12.1 Å². The van der Waals surface area contributed by atoms with Gasteiger partial charge in [-0.2, -0.15) is 0 Å². The van der Waals surface area contributed by atoms with Crippen LogP contribution < -0.4 is 0 Å². The maximum atomic E-state index is 11.1. The number of esters is 2. The van der Waals surface area contributed by atoms with Gasteiger partial charge in [0.05, 0.1) is 13.2 Å². The van der Waals surface area contributed by atoms with E-state index in [4.69, 9.17) is 9.47 Å². The Morgan fingerprint density at radius 1 is 1.00 bits per heavy atom. The molecule has 0 aromatic carbocycles. The molecule has 0 aliphatic heterocycles. The quantitative estimate of drug-likeness (QED) is 0.594. The molecule has 1 aromatic heterocycles. The number of hydrogen-bond acceptors (Lipinski definition) is 5. The van der Waals surface area contributed by atoms with Crippen LogP contribution in [-0.2, 0) is 19.1 Å². The van der Waals surface area contributed by atoms with E-state index >= 15 is 0 Å². The van der Waals surface area contributed by atoms with Crippen molar-refractivity contribution in [3.05, 3.63) is 34.0 Å². The van der Waals surface area contributed by atoms with Crippen molar-refractivity contribution in [3.8, 4) is 0 Å². The van der Waals surface area contributed by atoms with Crippen LogP contribution in [0.3, 0.4) is 0 Å². The highest BCUT2D eigenvalue weighted by molar-refractivity contribution is 7.13. The van der Waals surface area contributed by atoms with E-state index in [-0.39, 0.29) is 11.9 Å². The predicted molar refractivity (Wildman–Crippen MR) is 75.7 cm³/mol. The summed E-state index contributed by atoms with van der Waals surface area (Å²) >= 11 is 1.46. The van der Waals surface area contributed by atoms with Crippen LogP contribution in [0.2, 0.25) is 0 Å². The van der Waals surface area contributed by atoms with Crippen LogP contribution in [0.15, 0.2) is 24.3 Å². The first kappa shape index (κ1) is 15.2. The molecule has 19 heavy (non-hydrogen) atoms. The highest BCUT2D eigenvalue weighted by atomic mass is 32.1. The van der Waals surface area contributed by atoms with E-state index in [0.29, 0.717) is 13.2 Å². The third kappa shape index (κ3) is 6.01. The molecule has 1 heterocycles. The molecule has 0 N–H and O–H groups in total. The van der Waals surface area contributed by atoms with Crippen LogP contribution in [0.4, 0.5) is 0 Å². The second kappa shape index (κ2) is 8.26. The number of carbonyl (C=O) groups is 2. The summed E-state index contributed by atoms with van der Waals surface area (Å²) in [6.45, 7) is 4.24. The van der Waals surface area contributed by atoms with Crippen LogP contribution in [0.25, 0.3) is 12.2 Å². The summed E-state index contributed by atoms with van der Waals surface area (Å²) in [7, 11) is 0. The van der Waals surface area contributed by atoms with Crippen molar-refractivity contribution < 1.29 is 19.1 Å². The molecule has 0 bridgehead atoms. The Kier molecular flexibility index (Phi) is 6.60. The monoisotopic (exact) mass is 280 g/mol. The Labute approximate surface area is 116 Å². The van der Waals surface area contributed by atoms with Gasteiger partial charge in [0, 0.05) is 21.9 Å². The zero-order valence-corrected chi connectivity index (χ0v) is 11.7. The lowest BCUT2D eigenvalue weighted by Gasteiger charge is -1.93. The summed E-state index contributed by atoms with van der Waals surface area (Å²) in [5, 5.41) is 0. The van der Waals surface area contributed by atoms with Gasteiger partial charge < -0.3 is 9.47 Å². The van der Waals surface area contributed by atoms with Crippen LogP contribution in [0.1, 0.15) is 23.6 Å². The standard InChI is InChI=1S/C14H16O4S/c1-3-17-13(15)9-7-11-5-6-12(19-11)8-10-14(16)18-4-2/h5-10H,3-4H2,1-2H3. The first-order valence-electron chi connectivity index (χ1n) is 5.95. The van der Waals surface area contributed by atoms with Crippen molar-refractivity contribution in [2.45, 2.75) is 13.8 Å². The maximum Gasteiger partial charge on any atom is 0.330 e. The summed E-state index contributed by atoms with van der Waals surface area (Å²) in [5.41, 5.74) is 0. The minimum absolute atomic E-state index is 0.362. The fourth-order valence-electron chi connectivity index (χ4n) is 1.23. The highest BCUT2D eigenvalue weighted by Crippen LogP contribution is 2.19. The Morgan fingerprint density at radius 3 is 1.79 bits per heavy atom.